The predicted molar refractivity (Wildman–Crippen MR) is 104 cm³/mol. The molecule has 1 N–H and O–H groups in total. The minimum absolute atomic E-state index is 0.135. The molecular weight excluding hydrogens is 362 g/mol. The number of carbonyl (C=O) groups excluding carboxylic acids is 2. The average Bonchev–Trinajstić information content (AvgIpc) is 2.67. The van der Waals surface area contributed by atoms with E-state index in [1.165, 1.54) is 25.3 Å². The first-order valence-corrected chi connectivity index (χ1v) is 8.61. The van der Waals surface area contributed by atoms with Crippen molar-refractivity contribution in [2.75, 3.05) is 12.4 Å². The van der Waals surface area contributed by atoms with Gasteiger partial charge >= 0.3 is 11.6 Å². The van der Waals surface area contributed by atoms with E-state index in [0.717, 1.165) is 0 Å². The molecule has 7 heteroatoms. The van der Waals surface area contributed by atoms with Crippen LogP contribution in [-0.2, 0) is 4.74 Å². The van der Waals surface area contributed by atoms with Gasteiger partial charge < -0.3 is 19.2 Å². The van der Waals surface area contributed by atoms with Crippen LogP contribution in [0, 0.1) is 0 Å². The predicted octanol–water partition coefficient (Wildman–Crippen LogP) is 3.62. The van der Waals surface area contributed by atoms with E-state index in [1.54, 1.807) is 44.2 Å². The number of benzene rings is 2. The summed E-state index contributed by atoms with van der Waals surface area (Å²) in [6.07, 6.45) is -0.224. The highest BCUT2D eigenvalue weighted by molar-refractivity contribution is 6.05. The fourth-order valence-electron chi connectivity index (χ4n) is 2.56. The number of rotatable bonds is 5. The molecule has 0 saturated heterocycles. The summed E-state index contributed by atoms with van der Waals surface area (Å²) in [5, 5.41) is 3.18. The molecule has 144 valence electrons. The number of methoxy groups -OCH3 is 1. The van der Waals surface area contributed by atoms with Crippen molar-refractivity contribution in [2.45, 2.75) is 20.0 Å². The van der Waals surface area contributed by atoms with Crippen LogP contribution in [0.15, 0.2) is 57.7 Å². The van der Waals surface area contributed by atoms with Gasteiger partial charge in [-0.2, -0.15) is 0 Å². The van der Waals surface area contributed by atoms with Gasteiger partial charge in [-0.15, -0.1) is 0 Å². The summed E-state index contributed by atoms with van der Waals surface area (Å²) >= 11 is 0. The van der Waals surface area contributed by atoms with Crippen LogP contribution in [0.4, 0.5) is 5.69 Å². The summed E-state index contributed by atoms with van der Waals surface area (Å²) in [6, 6.07) is 12.6. The third-order valence-corrected chi connectivity index (χ3v) is 3.91. The zero-order valence-electron chi connectivity index (χ0n) is 15.6. The standard InChI is InChI=1S/C21H19NO6/c1-12(2)27-20(24)13-4-6-15(7-5-13)22-19(23)17-11-14-10-16(26-3)8-9-18(14)28-21(17)25/h4-12H,1-3H3,(H,22,23). The summed E-state index contributed by atoms with van der Waals surface area (Å²) in [7, 11) is 1.52. The first-order valence-electron chi connectivity index (χ1n) is 8.61. The SMILES string of the molecule is COc1ccc2oc(=O)c(C(=O)Nc3ccc(C(=O)OC(C)C)cc3)cc2c1. The summed E-state index contributed by atoms with van der Waals surface area (Å²) in [6.45, 7) is 3.52. The molecule has 3 rings (SSSR count). The molecular formula is C21H19NO6. The van der Waals surface area contributed by atoms with Crippen molar-refractivity contribution in [3.8, 4) is 5.75 Å². The third-order valence-electron chi connectivity index (χ3n) is 3.91. The number of carbonyl (C=O) groups is 2. The largest absolute Gasteiger partial charge is 0.497 e. The third kappa shape index (κ3) is 4.20. The minimum atomic E-state index is -0.743. The fraction of sp³-hybridized carbons (Fsp3) is 0.190. The molecule has 1 heterocycles. The topological polar surface area (TPSA) is 94.8 Å². The van der Waals surface area contributed by atoms with E-state index < -0.39 is 17.5 Å². The number of nitrogens with one attached hydrogen (secondary N) is 1. The quantitative estimate of drug-likeness (QED) is 0.536. The minimum Gasteiger partial charge on any atom is -0.497 e. The van der Waals surface area contributed by atoms with Gasteiger partial charge in [-0.3, -0.25) is 4.79 Å². The van der Waals surface area contributed by atoms with Crippen LogP contribution >= 0.6 is 0 Å². The molecule has 0 atom stereocenters. The lowest BCUT2D eigenvalue weighted by molar-refractivity contribution is 0.0378. The summed E-state index contributed by atoms with van der Waals surface area (Å²) in [4.78, 5) is 36.5. The number of hydrogen-bond acceptors (Lipinski definition) is 6. The van der Waals surface area contributed by atoms with Crippen molar-refractivity contribution in [2.24, 2.45) is 0 Å². The molecule has 0 saturated carbocycles. The molecule has 0 aliphatic carbocycles. The van der Waals surface area contributed by atoms with Gasteiger partial charge in [0, 0.05) is 11.1 Å². The van der Waals surface area contributed by atoms with E-state index in [4.69, 9.17) is 13.9 Å². The summed E-state index contributed by atoms with van der Waals surface area (Å²) in [5.41, 5.74) is 0.270. The average molecular weight is 381 g/mol. The Bertz CT molecular complexity index is 1080. The Kier molecular flexibility index (Phi) is 5.44. The van der Waals surface area contributed by atoms with E-state index in [-0.39, 0.29) is 11.7 Å². The Morgan fingerprint density at radius 3 is 2.39 bits per heavy atom. The van der Waals surface area contributed by atoms with E-state index in [9.17, 15) is 14.4 Å². The monoisotopic (exact) mass is 381 g/mol. The molecule has 2 aromatic carbocycles. The van der Waals surface area contributed by atoms with Crippen molar-refractivity contribution in [1.29, 1.82) is 0 Å². The molecule has 3 aromatic rings. The molecule has 0 radical (unpaired) electrons. The van der Waals surface area contributed by atoms with Gasteiger partial charge in [-0.1, -0.05) is 0 Å². The number of amides is 1. The van der Waals surface area contributed by atoms with Gasteiger partial charge in [-0.05, 0) is 62.4 Å². The maximum absolute atomic E-state index is 12.5. The molecule has 7 nitrogen and oxygen atoms in total. The second kappa shape index (κ2) is 7.96. The van der Waals surface area contributed by atoms with Gasteiger partial charge in [0.25, 0.3) is 5.91 Å². The molecule has 0 unspecified atom stereocenters. The number of fused-ring (bicyclic) bond motifs is 1. The Morgan fingerprint density at radius 1 is 1.04 bits per heavy atom. The lowest BCUT2D eigenvalue weighted by Gasteiger charge is -2.09. The van der Waals surface area contributed by atoms with Gasteiger partial charge in [-0.25, -0.2) is 9.59 Å². The molecule has 1 aromatic heterocycles. The zero-order chi connectivity index (χ0) is 20.3. The van der Waals surface area contributed by atoms with Gasteiger partial charge in [0.15, 0.2) is 0 Å². The Balaban J connectivity index is 1.81. The van der Waals surface area contributed by atoms with Crippen LogP contribution in [0.1, 0.15) is 34.6 Å². The number of hydrogen-bond donors (Lipinski definition) is 1. The fourth-order valence-corrected chi connectivity index (χ4v) is 2.56. The zero-order valence-corrected chi connectivity index (χ0v) is 15.6. The smallest absolute Gasteiger partial charge is 0.349 e. The van der Waals surface area contributed by atoms with E-state index in [1.807, 2.05) is 0 Å². The molecule has 0 aliphatic heterocycles. The Morgan fingerprint density at radius 2 is 1.75 bits per heavy atom. The number of esters is 1. The maximum Gasteiger partial charge on any atom is 0.349 e. The van der Waals surface area contributed by atoms with Crippen molar-refractivity contribution in [3.05, 3.63) is 70.1 Å². The van der Waals surface area contributed by atoms with Crippen LogP contribution < -0.4 is 15.7 Å². The van der Waals surface area contributed by atoms with Gasteiger partial charge in [0.05, 0.1) is 18.8 Å². The van der Waals surface area contributed by atoms with Crippen LogP contribution in [0.2, 0.25) is 0 Å². The Labute approximate surface area is 160 Å². The molecule has 0 bridgehead atoms. The van der Waals surface area contributed by atoms with Crippen molar-refractivity contribution < 1.29 is 23.5 Å². The number of ether oxygens (including phenoxy) is 2. The molecule has 0 aliphatic rings. The van der Waals surface area contributed by atoms with E-state index in [0.29, 0.717) is 28.0 Å². The van der Waals surface area contributed by atoms with Gasteiger partial charge in [0.2, 0.25) is 0 Å². The highest BCUT2D eigenvalue weighted by Crippen LogP contribution is 2.21. The molecule has 1 amide bonds. The highest BCUT2D eigenvalue weighted by Gasteiger charge is 2.15. The second-order valence-electron chi connectivity index (χ2n) is 6.34. The van der Waals surface area contributed by atoms with E-state index in [2.05, 4.69) is 5.32 Å². The maximum atomic E-state index is 12.5. The van der Waals surface area contributed by atoms with Crippen molar-refractivity contribution in [1.82, 2.24) is 0 Å². The first kappa shape index (κ1) is 19.2. The van der Waals surface area contributed by atoms with Crippen LogP contribution in [0.5, 0.6) is 5.75 Å². The first-order chi connectivity index (χ1) is 13.4. The van der Waals surface area contributed by atoms with Crippen molar-refractivity contribution in [3.63, 3.8) is 0 Å². The summed E-state index contributed by atoms with van der Waals surface area (Å²) < 4.78 is 15.5. The Hall–Kier alpha value is -3.61. The summed E-state index contributed by atoms with van der Waals surface area (Å²) in [5.74, 6) is -0.482. The molecule has 0 spiro atoms. The lowest BCUT2D eigenvalue weighted by Crippen LogP contribution is -2.20. The number of anilines is 1. The van der Waals surface area contributed by atoms with Crippen molar-refractivity contribution >= 4 is 28.5 Å². The lowest BCUT2D eigenvalue weighted by atomic mass is 10.1. The van der Waals surface area contributed by atoms with Crippen LogP contribution in [0.25, 0.3) is 11.0 Å². The van der Waals surface area contributed by atoms with E-state index >= 15 is 0 Å². The molecule has 28 heavy (non-hydrogen) atoms. The second-order valence-corrected chi connectivity index (χ2v) is 6.34. The normalized spacial score (nSPS) is 10.7. The highest BCUT2D eigenvalue weighted by atomic mass is 16.5. The van der Waals surface area contributed by atoms with Gasteiger partial charge in [0.1, 0.15) is 16.9 Å². The van der Waals surface area contributed by atoms with Crippen LogP contribution in [-0.4, -0.2) is 25.1 Å². The van der Waals surface area contributed by atoms with Crippen LogP contribution in [0.3, 0.4) is 0 Å². The molecule has 0 fully saturated rings.